The topological polar surface area (TPSA) is 89.3 Å². The van der Waals surface area contributed by atoms with E-state index in [1.54, 1.807) is 10.9 Å². The minimum atomic E-state index is -1.15. The molecule has 8 heteroatoms. The highest BCUT2D eigenvalue weighted by molar-refractivity contribution is 6.76. The number of aromatic nitrogens is 3. The molecule has 142 valence electrons. The van der Waals surface area contributed by atoms with Crippen LogP contribution in [0.3, 0.4) is 0 Å². The second-order valence-corrected chi connectivity index (χ2v) is 13.8. The summed E-state index contributed by atoms with van der Waals surface area (Å²) in [5.74, 6) is 0. The zero-order chi connectivity index (χ0) is 18.7. The molecule has 1 fully saturated rings. The number of fused-ring (bicyclic) bond motifs is 1. The van der Waals surface area contributed by atoms with Gasteiger partial charge < -0.3 is 15.2 Å². The first-order valence-electron chi connectivity index (χ1n) is 9.22. The van der Waals surface area contributed by atoms with Crippen LogP contribution in [0, 0.1) is 0 Å². The number of anilines is 1. The molecule has 1 saturated carbocycles. The average Bonchev–Trinajstić information content (AvgIpc) is 3.15. The second-order valence-electron chi connectivity index (χ2n) is 8.16. The Hall–Kier alpha value is -1.77. The smallest absolute Gasteiger partial charge is 0.171 e. The van der Waals surface area contributed by atoms with Crippen LogP contribution in [-0.2, 0) is 11.5 Å². The number of rotatable bonds is 8. The van der Waals surface area contributed by atoms with Crippen molar-refractivity contribution in [2.24, 2.45) is 0 Å². The van der Waals surface area contributed by atoms with Gasteiger partial charge in [0.2, 0.25) is 0 Å². The van der Waals surface area contributed by atoms with Gasteiger partial charge >= 0.3 is 0 Å². The molecule has 0 aliphatic heterocycles. The summed E-state index contributed by atoms with van der Waals surface area (Å²) in [7, 11) is -1.15. The molecule has 2 aromatic rings. The maximum Gasteiger partial charge on any atom is 0.171 e. The fourth-order valence-electron chi connectivity index (χ4n) is 3.26. The number of nitrogens with zero attached hydrogens (tertiary/aromatic N) is 3. The predicted octanol–water partition coefficient (Wildman–Crippen LogP) is 2.88. The van der Waals surface area contributed by atoms with Gasteiger partial charge in [0.25, 0.3) is 0 Å². The lowest BCUT2D eigenvalue weighted by atomic mass is 10.1. The number of carbonyl (C=O) groups excluding carboxylic acids is 1. The molecule has 0 radical (unpaired) electrons. The van der Waals surface area contributed by atoms with Crippen LogP contribution in [0.5, 0.6) is 0 Å². The van der Waals surface area contributed by atoms with E-state index in [1.807, 2.05) is 6.07 Å². The fraction of sp³-hybridized carbons (Fsp3) is 0.611. The van der Waals surface area contributed by atoms with Crippen molar-refractivity contribution >= 4 is 31.1 Å². The number of aliphatic hydroxyl groups is 1. The molecule has 2 heterocycles. The van der Waals surface area contributed by atoms with E-state index >= 15 is 0 Å². The Morgan fingerprint density at radius 3 is 2.88 bits per heavy atom. The molecule has 0 spiro atoms. The molecular weight excluding hydrogens is 348 g/mol. The zero-order valence-electron chi connectivity index (χ0n) is 15.7. The molecule has 26 heavy (non-hydrogen) atoms. The van der Waals surface area contributed by atoms with Gasteiger partial charge in [0.15, 0.2) is 11.9 Å². The quantitative estimate of drug-likeness (QED) is 0.418. The van der Waals surface area contributed by atoms with Gasteiger partial charge in [0, 0.05) is 26.6 Å². The summed E-state index contributed by atoms with van der Waals surface area (Å²) >= 11 is 0. The summed E-state index contributed by atoms with van der Waals surface area (Å²) in [6.07, 6.45) is 4.79. The lowest BCUT2D eigenvalue weighted by molar-refractivity contribution is 0.0808. The normalized spacial score (nSPS) is 20.6. The number of aliphatic hydroxyl groups excluding tert-OH is 1. The average molecular weight is 377 g/mol. The Balaban J connectivity index is 1.80. The molecular formula is C18H28N4O3Si. The molecule has 1 aliphatic carbocycles. The number of carbonyl (C=O) groups is 1. The van der Waals surface area contributed by atoms with Crippen molar-refractivity contribution in [3.05, 3.63) is 18.0 Å². The van der Waals surface area contributed by atoms with Crippen molar-refractivity contribution in [1.82, 2.24) is 14.8 Å². The number of ether oxygens (including phenoxy) is 1. The van der Waals surface area contributed by atoms with Gasteiger partial charge in [-0.1, -0.05) is 19.6 Å². The van der Waals surface area contributed by atoms with E-state index < -0.39 is 8.07 Å². The lowest BCUT2D eigenvalue weighted by Crippen LogP contribution is -2.28. The van der Waals surface area contributed by atoms with Crippen LogP contribution in [0.2, 0.25) is 25.7 Å². The largest absolute Gasteiger partial charge is 0.391 e. The van der Waals surface area contributed by atoms with E-state index in [4.69, 9.17) is 4.74 Å². The van der Waals surface area contributed by atoms with Gasteiger partial charge in [-0.15, -0.1) is 0 Å². The summed E-state index contributed by atoms with van der Waals surface area (Å²) < 4.78 is 7.41. The maximum absolute atomic E-state index is 11.5. The number of hydrogen-bond donors (Lipinski definition) is 2. The first-order chi connectivity index (χ1) is 12.4. The van der Waals surface area contributed by atoms with Gasteiger partial charge in [0.05, 0.1) is 17.5 Å². The third kappa shape index (κ3) is 4.31. The fourth-order valence-corrected chi connectivity index (χ4v) is 4.01. The van der Waals surface area contributed by atoms with Crippen molar-refractivity contribution in [3.8, 4) is 0 Å². The summed E-state index contributed by atoms with van der Waals surface area (Å²) in [6.45, 7) is 7.88. The third-order valence-corrected chi connectivity index (χ3v) is 6.51. The van der Waals surface area contributed by atoms with Crippen molar-refractivity contribution < 1.29 is 14.6 Å². The molecule has 1 aliphatic rings. The van der Waals surface area contributed by atoms with Gasteiger partial charge in [-0.05, 0) is 31.4 Å². The van der Waals surface area contributed by atoms with Crippen LogP contribution in [-0.4, -0.2) is 53.0 Å². The van der Waals surface area contributed by atoms with Gasteiger partial charge in [0.1, 0.15) is 12.4 Å². The first kappa shape index (κ1) is 19.0. The van der Waals surface area contributed by atoms with Crippen molar-refractivity contribution in [2.45, 2.75) is 63.8 Å². The van der Waals surface area contributed by atoms with Crippen LogP contribution < -0.4 is 5.32 Å². The predicted molar refractivity (Wildman–Crippen MR) is 104 cm³/mol. The summed E-state index contributed by atoms with van der Waals surface area (Å²) in [4.78, 5) is 15.9. The highest BCUT2D eigenvalue weighted by Crippen LogP contribution is 2.29. The number of nitrogens with one attached hydrogen (secondary N) is 1. The van der Waals surface area contributed by atoms with Crippen molar-refractivity contribution in [2.75, 3.05) is 11.9 Å². The maximum atomic E-state index is 11.5. The highest BCUT2D eigenvalue weighted by atomic mass is 28.3. The third-order valence-electron chi connectivity index (χ3n) is 4.80. The van der Waals surface area contributed by atoms with Crippen LogP contribution in [0.1, 0.15) is 29.8 Å². The molecule has 0 unspecified atom stereocenters. The summed E-state index contributed by atoms with van der Waals surface area (Å²) in [5.41, 5.74) is 1.76. The van der Waals surface area contributed by atoms with E-state index in [0.29, 0.717) is 23.3 Å². The highest BCUT2D eigenvalue weighted by Gasteiger charge is 2.26. The summed E-state index contributed by atoms with van der Waals surface area (Å²) in [5, 5.41) is 18.5. The van der Waals surface area contributed by atoms with Crippen LogP contribution in [0.15, 0.2) is 12.3 Å². The van der Waals surface area contributed by atoms with E-state index in [1.165, 1.54) is 0 Å². The van der Waals surface area contributed by atoms with E-state index in [-0.39, 0.29) is 18.9 Å². The molecule has 0 aromatic carbocycles. The lowest BCUT2D eigenvalue weighted by Gasteiger charge is -2.18. The van der Waals surface area contributed by atoms with Gasteiger partial charge in [-0.3, -0.25) is 4.79 Å². The minimum Gasteiger partial charge on any atom is -0.391 e. The Bertz CT molecular complexity index is 772. The zero-order valence-corrected chi connectivity index (χ0v) is 16.7. The van der Waals surface area contributed by atoms with Crippen molar-refractivity contribution in [3.63, 3.8) is 0 Å². The molecule has 0 saturated heterocycles. The number of pyridine rings is 1. The van der Waals surface area contributed by atoms with E-state index in [9.17, 15) is 9.90 Å². The number of aldehydes is 1. The summed E-state index contributed by atoms with van der Waals surface area (Å²) in [6, 6.07) is 2.90. The van der Waals surface area contributed by atoms with Gasteiger partial charge in [-0.2, -0.15) is 5.10 Å². The van der Waals surface area contributed by atoms with Gasteiger partial charge in [-0.25, -0.2) is 9.67 Å². The molecule has 7 nitrogen and oxygen atoms in total. The molecule has 0 bridgehead atoms. The SMILES string of the molecule is C[Si](C)(C)CCOCn1nc(C=O)c2c(N[C@@H]3CCC[C@H]3O)ccnc21. The molecule has 2 N–H and O–H groups in total. The minimum absolute atomic E-state index is 0.00329. The van der Waals surface area contributed by atoms with Crippen LogP contribution in [0.4, 0.5) is 5.69 Å². The first-order valence-corrected chi connectivity index (χ1v) is 12.9. The Labute approximate surface area is 154 Å². The molecule has 0 amide bonds. The monoisotopic (exact) mass is 376 g/mol. The van der Waals surface area contributed by atoms with E-state index in [0.717, 1.165) is 37.3 Å². The molecule has 3 rings (SSSR count). The number of hydrogen-bond acceptors (Lipinski definition) is 6. The second kappa shape index (κ2) is 7.85. The Kier molecular flexibility index (Phi) is 5.74. The standard InChI is InChI=1S/C18H28N4O3Si/c1-26(2,3)10-9-25-12-22-18-17(15(11-23)21-22)14(7-8-19-18)20-13-5-4-6-16(13)24/h7-8,11,13,16,24H,4-6,9-10,12H2,1-3H3,(H,19,20)/t13-,16-/m1/s1. The van der Waals surface area contributed by atoms with Crippen LogP contribution in [0.25, 0.3) is 11.0 Å². The molecule has 2 aromatic heterocycles. The Morgan fingerprint density at radius 2 is 2.23 bits per heavy atom. The van der Waals surface area contributed by atoms with E-state index in [2.05, 4.69) is 35.0 Å². The van der Waals surface area contributed by atoms with Crippen LogP contribution >= 0.6 is 0 Å². The molecule has 2 atom stereocenters. The Morgan fingerprint density at radius 1 is 1.42 bits per heavy atom. The van der Waals surface area contributed by atoms with Crippen molar-refractivity contribution in [1.29, 1.82) is 0 Å².